The summed E-state index contributed by atoms with van der Waals surface area (Å²) < 4.78 is 9.63. The van der Waals surface area contributed by atoms with Gasteiger partial charge in [0.05, 0.1) is 44.2 Å². The van der Waals surface area contributed by atoms with E-state index in [0.29, 0.717) is 23.1 Å². The Morgan fingerprint density at radius 1 is 0.754 bits per heavy atom. The van der Waals surface area contributed by atoms with Gasteiger partial charge in [0, 0.05) is 17.6 Å². The van der Waals surface area contributed by atoms with E-state index in [1.165, 1.54) is 14.2 Å². The molecule has 2 fully saturated rings. The third-order valence-electron chi connectivity index (χ3n) is 12.4. The van der Waals surface area contributed by atoms with Crippen LogP contribution in [-0.4, -0.2) is 97.6 Å². The van der Waals surface area contributed by atoms with E-state index in [1.807, 2.05) is 56.7 Å². The number of carbonyl (C=O) groups is 3. The lowest BCUT2D eigenvalue weighted by atomic mass is 9.98. The molecule has 2 aliphatic heterocycles. The molecule has 0 radical (unpaired) electrons. The molecule has 14 nitrogen and oxygen atoms in total. The Hall–Kier alpha value is -5.44. The number of carbonyl (C=O) groups excluding carboxylic acids is 3. The summed E-state index contributed by atoms with van der Waals surface area (Å²) in [6, 6.07) is 19.2. The number of alkyl carbamates (subject to hydrolysis) is 2. The highest BCUT2D eigenvalue weighted by Gasteiger charge is 2.43. The molecule has 2 aliphatic rings. The number of nitrogens with zero attached hydrogens (tertiary/aromatic N) is 4. The number of benzene rings is 3. The first-order valence-electron chi connectivity index (χ1n) is 21.1. The molecule has 3 aromatic carbocycles. The zero-order valence-electron chi connectivity index (χ0n) is 36.0. The maximum Gasteiger partial charge on any atom is 0.407 e. The summed E-state index contributed by atoms with van der Waals surface area (Å²) >= 11 is 6.81. The molecule has 0 bridgehead atoms. The highest BCUT2D eigenvalue weighted by Crippen LogP contribution is 2.40. The second kappa shape index (κ2) is 18.3. The Labute approximate surface area is 361 Å². The number of aliphatic hydroxyl groups is 1. The van der Waals surface area contributed by atoms with Crippen molar-refractivity contribution >= 4 is 40.5 Å². The van der Waals surface area contributed by atoms with Gasteiger partial charge in [-0.25, -0.2) is 19.6 Å². The van der Waals surface area contributed by atoms with Gasteiger partial charge < -0.3 is 40.1 Å². The number of H-pyrrole nitrogens is 2. The van der Waals surface area contributed by atoms with E-state index in [-0.39, 0.29) is 41.9 Å². The topological polar surface area (TPSA) is 178 Å². The van der Waals surface area contributed by atoms with Crippen molar-refractivity contribution in [1.29, 1.82) is 0 Å². The van der Waals surface area contributed by atoms with Gasteiger partial charge in [-0.05, 0) is 91.0 Å². The van der Waals surface area contributed by atoms with Gasteiger partial charge in [0.2, 0.25) is 5.91 Å². The number of amides is 3. The number of likely N-dealkylation sites (tertiary alicyclic amines) is 2. The lowest BCUT2D eigenvalue weighted by Crippen LogP contribution is -2.55. The standard InChI is InChI=1S/C46H57ClN8O6/c1-24(2)37(51-45(58)60-7)43(56)54-26(5)9-19-35(54)41-48-23-34(49-41)29-13-11-28(12-14-29)30-15-16-32-22-33(18-17-31(32)21-30)39-40(47)53-42(50-39)36-20-10-27(6)55(36)44(57)38(25(3)4)52-46(59)61-8/h11-18,21-27,35-38,43,56H,9-10,19-20H2,1-8H3,(H,48,49)(H,50,53)(H,51,58)(H,52,59)/t26-,27-,35-,36-,37-,38-,43?/m0/s1. The summed E-state index contributed by atoms with van der Waals surface area (Å²) in [7, 11) is 2.61. The monoisotopic (exact) mass is 852 g/mol. The Kier molecular flexibility index (Phi) is 13.1. The van der Waals surface area contributed by atoms with Crippen LogP contribution in [0.15, 0.2) is 66.9 Å². The SMILES string of the molecule is COC(=O)N[C@@H](C(C)C)C(O)N1[C@@H](C)CC[C@H]1c1ncc(-c2ccc(-c3ccc4cc(-c5nc([C@@H]6CC[C@H](C)N6C(=O)[C@@H](NC(=O)OC)C(C)C)[nH]c5Cl)ccc4c3)cc2)[nH]1. The maximum atomic E-state index is 13.9. The Morgan fingerprint density at radius 2 is 1.34 bits per heavy atom. The molecule has 5 aromatic rings. The molecular weight excluding hydrogens is 796 g/mol. The first-order chi connectivity index (χ1) is 29.2. The van der Waals surface area contributed by atoms with Crippen LogP contribution in [0.5, 0.6) is 0 Å². The fourth-order valence-corrected chi connectivity index (χ4v) is 9.21. The van der Waals surface area contributed by atoms with Crippen molar-refractivity contribution in [2.75, 3.05) is 14.2 Å². The average Bonchev–Trinajstić information content (AvgIpc) is 4.06. The number of halogens is 1. The molecule has 1 unspecified atom stereocenters. The smallest absolute Gasteiger partial charge is 0.407 e. The van der Waals surface area contributed by atoms with E-state index in [2.05, 4.69) is 82.1 Å². The summed E-state index contributed by atoms with van der Waals surface area (Å²) in [6.07, 6.45) is 2.93. The molecular formula is C46H57ClN8O6. The van der Waals surface area contributed by atoms with Crippen molar-refractivity contribution in [3.8, 4) is 33.6 Å². The van der Waals surface area contributed by atoms with Gasteiger partial charge in [-0.3, -0.25) is 9.69 Å². The minimum Gasteiger partial charge on any atom is -0.453 e. The average molecular weight is 853 g/mol. The molecule has 0 spiro atoms. The number of methoxy groups -OCH3 is 2. The van der Waals surface area contributed by atoms with E-state index >= 15 is 0 Å². The molecule has 0 aliphatic carbocycles. The lowest BCUT2D eigenvalue weighted by Gasteiger charge is -2.38. The highest BCUT2D eigenvalue weighted by molar-refractivity contribution is 6.32. The number of aromatic nitrogens is 4. The summed E-state index contributed by atoms with van der Waals surface area (Å²) in [5.74, 6) is 1.04. The number of ether oxygens (including phenoxy) is 2. The number of fused-ring (bicyclic) bond motifs is 1. The second-order valence-electron chi connectivity index (χ2n) is 17.1. The minimum absolute atomic E-state index is 0.0227. The fraction of sp³-hybridized carbons (Fsp3) is 0.457. The minimum atomic E-state index is -0.919. The van der Waals surface area contributed by atoms with Crippen molar-refractivity contribution in [3.63, 3.8) is 0 Å². The molecule has 5 N–H and O–H groups in total. The van der Waals surface area contributed by atoms with Crippen LogP contribution in [0.25, 0.3) is 44.4 Å². The van der Waals surface area contributed by atoms with Crippen molar-refractivity contribution in [2.45, 2.75) is 110 Å². The van der Waals surface area contributed by atoms with Gasteiger partial charge in [-0.2, -0.15) is 0 Å². The van der Waals surface area contributed by atoms with Crippen molar-refractivity contribution in [2.24, 2.45) is 11.8 Å². The third-order valence-corrected chi connectivity index (χ3v) is 12.7. The van der Waals surface area contributed by atoms with Crippen LogP contribution in [0.3, 0.4) is 0 Å². The lowest BCUT2D eigenvalue weighted by molar-refractivity contribution is -0.137. The third kappa shape index (κ3) is 8.98. The number of aromatic amines is 2. The summed E-state index contributed by atoms with van der Waals surface area (Å²) in [5, 5.41) is 19.6. The van der Waals surface area contributed by atoms with E-state index in [4.69, 9.17) is 31.0 Å². The number of imidazole rings is 2. The molecule has 7 rings (SSSR count). The molecule has 2 aromatic heterocycles. The van der Waals surface area contributed by atoms with Gasteiger partial charge in [0.25, 0.3) is 0 Å². The zero-order chi connectivity index (χ0) is 43.7. The van der Waals surface area contributed by atoms with Crippen molar-refractivity contribution in [3.05, 3.63) is 83.7 Å². The Morgan fingerprint density at radius 3 is 2.00 bits per heavy atom. The van der Waals surface area contributed by atoms with Gasteiger partial charge in [0.1, 0.15) is 34.8 Å². The number of nitrogens with one attached hydrogen (secondary N) is 4. The van der Waals surface area contributed by atoms with Crippen LogP contribution in [0.4, 0.5) is 9.59 Å². The first kappa shape index (κ1) is 43.6. The summed E-state index contributed by atoms with van der Waals surface area (Å²) in [6.45, 7) is 11.8. The zero-order valence-corrected chi connectivity index (χ0v) is 36.8. The van der Waals surface area contributed by atoms with Crippen molar-refractivity contribution < 1.29 is 29.0 Å². The predicted molar refractivity (Wildman–Crippen MR) is 235 cm³/mol. The molecule has 61 heavy (non-hydrogen) atoms. The summed E-state index contributed by atoms with van der Waals surface area (Å²) in [5.41, 5.74) is 5.48. The Bertz CT molecular complexity index is 2360. The molecule has 4 heterocycles. The summed E-state index contributed by atoms with van der Waals surface area (Å²) in [4.78, 5) is 58.4. The van der Waals surface area contributed by atoms with Crippen molar-refractivity contribution in [1.82, 2.24) is 40.4 Å². The normalized spacial score (nSPS) is 20.9. The van der Waals surface area contributed by atoms with Crippen LogP contribution in [0.2, 0.25) is 5.15 Å². The van der Waals surface area contributed by atoms with Gasteiger partial charge in [0.15, 0.2) is 0 Å². The number of hydrogen-bond donors (Lipinski definition) is 5. The fourth-order valence-electron chi connectivity index (χ4n) is 8.96. The largest absolute Gasteiger partial charge is 0.453 e. The maximum absolute atomic E-state index is 13.9. The molecule has 0 saturated carbocycles. The van der Waals surface area contributed by atoms with E-state index in [9.17, 15) is 19.5 Å². The predicted octanol–water partition coefficient (Wildman–Crippen LogP) is 8.60. The molecule has 7 atom stereocenters. The van der Waals surface area contributed by atoms with Gasteiger partial charge in [-0.1, -0.05) is 87.8 Å². The highest BCUT2D eigenvalue weighted by atomic mass is 35.5. The van der Waals surface area contributed by atoms with Crippen LogP contribution in [0, 0.1) is 11.8 Å². The number of hydrogen-bond acceptors (Lipinski definition) is 9. The molecule has 3 amide bonds. The number of rotatable bonds is 12. The number of aliphatic hydroxyl groups excluding tert-OH is 1. The van der Waals surface area contributed by atoms with Crippen LogP contribution in [0.1, 0.15) is 91.0 Å². The van der Waals surface area contributed by atoms with Crippen LogP contribution >= 0.6 is 11.6 Å². The molecule has 2 saturated heterocycles. The molecule has 15 heteroatoms. The molecule has 324 valence electrons. The van der Waals surface area contributed by atoms with Crippen LogP contribution < -0.4 is 10.6 Å². The quantitative estimate of drug-likeness (QED) is 0.0823. The van der Waals surface area contributed by atoms with E-state index < -0.39 is 30.5 Å². The van der Waals surface area contributed by atoms with Gasteiger partial charge >= 0.3 is 12.2 Å². The van der Waals surface area contributed by atoms with E-state index in [1.54, 1.807) is 0 Å². The van der Waals surface area contributed by atoms with Gasteiger partial charge in [-0.15, -0.1) is 0 Å². The van der Waals surface area contributed by atoms with E-state index in [0.717, 1.165) is 63.8 Å². The van der Waals surface area contributed by atoms with Crippen LogP contribution in [-0.2, 0) is 14.3 Å². The first-order valence-corrected chi connectivity index (χ1v) is 21.5. The Balaban J connectivity index is 1.06. The second-order valence-corrected chi connectivity index (χ2v) is 17.5.